The molecular weight excluding hydrogens is 352 g/mol. The van der Waals surface area contributed by atoms with Crippen molar-refractivity contribution in [1.29, 1.82) is 0 Å². The Kier molecular flexibility index (Phi) is 7.58. The molecule has 0 saturated carbocycles. The SMILES string of the molecule is COCCNC(=O)c1ccc(N2CCN(C/C=C/c3ccccc3)CC2)cn1. The van der Waals surface area contributed by atoms with Gasteiger partial charge in [-0.3, -0.25) is 9.69 Å². The monoisotopic (exact) mass is 380 g/mol. The van der Waals surface area contributed by atoms with Gasteiger partial charge in [0.2, 0.25) is 0 Å². The third kappa shape index (κ3) is 5.90. The van der Waals surface area contributed by atoms with E-state index in [2.05, 4.69) is 56.5 Å². The number of methoxy groups -OCH3 is 1. The third-order valence-corrected chi connectivity index (χ3v) is 4.78. The van der Waals surface area contributed by atoms with Crippen LogP contribution in [0.4, 0.5) is 5.69 Å². The van der Waals surface area contributed by atoms with Crippen LogP contribution in [-0.2, 0) is 4.74 Å². The molecule has 3 rings (SSSR count). The predicted molar refractivity (Wildman–Crippen MR) is 113 cm³/mol. The maximum absolute atomic E-state index is 12.0. The van der Waals surface area contributed by atoms with E-state index in [-0.39, 0.29) is 5.91 Å². The first-order valence-electron chi connectivity index (χ1n) is 9.68. The summed E-state index contributed by atoms with van der Waals surface area (Å²) in [5, 5.41) is 2.78. The number of aromatic nitrogens is 1. The van der Waals surface area contributed by atoms with Crippen LogP contribution in [0.1, 0.15) is 16.1 Å². The number of anilines is 1. The van der Waals surface area contributed by atoms with Crippen LogP contribution in [0.15, 0.2) is 54.7 Å². The van der Waals surface area contributed by atoms with Crippen LogP contribution < -0.4 is 10.2 Å². The highest BCUT2D eigenvalue weighted by molar-refractivity contribution is 5.92. The lowest BCUT2D eigenvalue weighted by Crippen LogP contribution is -2.46. The van der Waals surface area contributed by atoms with Gasteiger partial charge in [0, 0.05) is 46.4 Å². The van der Waals surface area contributed by atoms with E-state index in [1.807, 2.05) is 12.1 Å². The molecule has 1 amide bonds. The van der Waals surface area contributed by atoms with Gasteiger partial charge in [-0.25, -0.2) is 4.98 Å². The molecule has 1 N–H and O–H groups in total. The number of nitrogens with one attached hydrogen (secondary N) is 1. The Morgan fingerprint density at radius 2 is 1.93 bits per heavy atom. The minimum absolute atomic E-state index is 0.168. The first-order chi connectivity index (χ1) is 13.8. The van der Waals surface area contributed by atoms with Crippen molar-refractivity contribution >= 4 is 17.7 Å². The summed E-state index contributed by atoms with van der Waals surface area (Å²) >= 11 is 0. The molecule has 0 unspecified atom stereocenters. The van der Waals surface area contributed by atoms with Crippen molar-refractivity contribution < 1.29 is 9.53 Å². The minimum Gasteiger partial charge on any atom is -0.383 e. The number of carbonyl (C=O) groups excluding carboxylic acids is 1. The molecule has 6 heteroatoms. The summed E-state index contributed by atoms with van der Waals surface area (Å²) in [6, 6.07) is 14.1. The summed E-state index contributed by atoms with van der Waals surface area (Å²) in [4.78, 5) is 21.1. The van der Waals surface area contributed by atoms with Crippen LogP contribution in [0.2, 0.25) is 0 Å². The number of piperazine rings is 1. The molecule has 1 aromatic carbocycles. The molecule has 6 nitrogen and oxygen atoms in total. The van der Waals surface area contributed by atoms with E-state index < -0.39 is 0 Å². The Labute approximate surface area is 166 Å². The second-order valence-corrected chi connectivity index (χ2v) is 6.75. The Morgan fingerprint density at radius 1 is 1.14 bits per heavy atom. The topological polar surface area (TPSA) is 57.7 Å². The van der Waals surface area contributed by atoms with E-state index in [1.165, 1.54) is 5.56 Å². The molecule has 0 atom stereocenters. The van der Waals surface area contributed by atoms with Crippen LogP contribution in [0.5, 0.6) is 0 Å². The van der Waals surface area contributed by atoms with Crippen molar-refractivity contribution in [2.75, 3.05) is 57.9 Å². The first-order valence-corrected chi connectivity index (χ1v) is 9.68. The average Bonchev–Trinajstić information content (AvgIpc) is 2.75. The molecular formula is C22H28N4O2. The molecule has 2 aromatic rings. The van der Waals surface area contributed by atoms with Gasteiger partial charge in [-0.15, -0.1) is 0 Å². The first kappa shape index (κ1) is 20.0. The fraction of sp³-hybridized carbons (Fsp3) is 0.364. The normalized spacial score (nSPS) is 15.1. The Bertz CT molecular complexity index is 754. The number of ether oxygens (including phenoxy) is 1. The maximum atomic E-state index is 12.0. The molecule has 0 spiro atoms. The predicted octanol–water partition coefficient (Wildman–Crippen LogP) is 2.29. The number of hydrogen-bond donors (Lipinski definition) is 1. The molecule has 1 aromatic heterocycles. The van der Waals surface area contributed by atoms with Gasteiger partial charge >= 0.3 is 0 Å². The largest absolute Gasteiger partial charge is 0.383 e. The number of pyridine rings is 1. The highest BCUT2D eigenvalue weighted by atomic mass is 16.5. The highest BCUT2D eigenvalue weighted by Gasteiger charge is 2.17. The zero-order valence-corrected chi connectivity index (χ0v) is 16.4. The van der Waals surface area contributed by atoms with Gasteiger partial charge in [-0.2, -0.15) is 0 Å². The molecule has 1 saturated heterocycles. The van der Waals surface area contributed by atoms with E-state index in [1.54, 1.807) is 19.4 Å². The number of nitrogens with zero attached hydrogens (tertiary/aromatic N) is 3. The molecule has 1 fully saturated rings. The summed E-state index contributed by atoms with van der Waals surface area (Å²) in [6.45, 7) is 5.88. The lowest BCUT2D eigenvalue weighted by molar-refractivity contribution is 0.0932. The van der Waals surface area contributed by atoms with Gasteiger partial charge in [0.05, 0.1) is 18.5 Å². The summed E-state index contributed by atoms with van der Waals surface area (Å²) in [5.74, 6) is -0.168. The van der Waals surface area contributed by atoms with E-state index in [4.69, 9.17) is 4.74 Å². The maximum Gasteiger partial charge on any atom is 0.269 e. The van der Waals surface area contributed by atoms with E-state index in [0.29, 0.717) is 18.8 Å². The summed E-state index contributed by atoms with van der Waals surface area (Å²) < 4.78 is 4.93. The van der Waals surface area contributed by atoms with E-state index >= 15 is 0 Å². The van der Waals surface area contributed by atoms with Crippen LogP contribution >= 0.6 is 0 Å². The molecule has 28 heavy (non-hydrogen) atoms. The van der Waals surface area contributed by atoms with E-state index in [9.17, 15) is 4.79 Å². The molecule has 1 aliphatic heterocycles. The summed E-state index contributed by atoms with van der Waals surface area (Å²) in [5.41, 5.74) is 2.73. The van der Waals surface area contributed by atoms with Crippen molar-refractivity contribution in [2.45, 2.75) is 0 Å². The number of hydrogen-bond acceptors (Lipinski definition) is 5. The fourth-order valence-corrected chi connectivity index (χ4v) is 3.16. The Morgan fingerprint density at radius 3 is 2.61 bits per heavy atom. The molecule has 0 aliphatic carbocycles. The lowest BCUT2D eigenvalue weighted by Gasteiger charge is -2.35. The Balaban J connectivity index is 1.44. The smallest absolute Gasteiger partial charge is 0.269 e. The fourth-order valence-electron chi connectivity index (χ4n) is 3.16. The third-order valence-electron chi connectivity index (χ3n) is 4.78. The van der Waals surface area contributed by atoms with Gasteiger partial charge in [0.25, 0.3) is 5.91 Å². The van der Waals surface area contributed by atoms with Crippen molar-refractivity contribution in [1.82, 2.24) is 15.2 Å². The zero-order valence-electron chi connectivity index (χ0n) is 16.4. The number of benzene rings is 1. The van der Waals surface area contributed by atoms with Gasteiger partial charge in [-0.05, 0) is 17.7 Å². The molecule has 1 aliphatic rings. The van der Waals surface area contributed by atoms with Crippen LogP contribution in [0.3, 0.4) is 0 Å². The summed E-state index contributed by atoms with van der Waals surface area (Å²) in [7, 11) is 1.61. The quantitative estimate of drug-likeness (QED) is 0.712. The van der Waals surface area contributed by atoms with Crippen molar-refractivity contribution in [3.63, 3.8) is 0 Å². The molecule has 148 valence electrons. The van der Waals surface area contributed by atoms with Crippen molar-refractivity contribution in [3.05, 3.63) is 66.0 Å². The standard InChI is InChI=1S/C22H28N4O2/c1-28-17-11-23-22(27)21-10-9-20(18-24-21)26-15-13-25(14-16-26)12-5-8-19-6-3-2-4-7-19/h2-10,18H,11-17H2,1H3,(H,23,27)/b8-5+. The molecule has 2 heterocycles. The highest BCUT2D eigenvalue weighted by Crippen LogP contribution is 2.16. The van der Waals surface area contributed by atoms with Crippen LogP contribution in [0, 0.1) is 0 Å². The minimum atomic E-state index is -0.168. The van der Waals surface area contributed by atoms with Crippen LogP contribution in [-0.4, -0.2) is 68.8 Å². The van der Waals surface area contributed by atoms with Crippen molar-refractivity contribution in [3.8, 4) is 0 Å². The Hall–Kier alpha value is -2.70. The van der Waals surface area contributed by atoms with E-state index in [0.717, 1.165) is 38.4 Å². The lowest BCUT2D eigenvalue weighted by atomic mass is 10.2. The number of rotatable bonds is 8. The second kappa shape index (κ2) is 10.6. The summed E-state index contributed by atoms with van der Waals surface area (Å²) in [6.07, 6.45) is 6.19. The molecule has 0 radical (unpaired) electrons. The number of carbonyl (C=O) groups is 1. The molecule has 0 bridgehead atoms. The zero-order chi connectivity index (χ0) is 19.6. The van der Waals surface area contributed by atoms with Gasteiger partial charge in [0.1, 0.15) is 5.69 Å². The van der Waals surface area contributed by atoms with Crippen molar-refractivity contribution in [2.24, 2.45) is 0 Å². The second-order valence-electron chi connectivity index (χ2n) is 6.75. The average molecular weight is 380 g/mol. The van der Waals surface area contributed by atoms with Crippen LogP contribution in [0.25, 0.3) is 6.08 Å². The van der Waals surface area contributed by atoms with Gasteiger partial charge in [0.15, 0.2) is 0 Å². The van der Waals surface area contributed by atoms with Gasteiger partial charge in [-0.1, -0.05) is 42.5 Å². The van der Waals surface area contributed by atoms with Gasteiger partial charge < -0.3 is 15.0 Å². The number of amides is 1.